The summed E-state index contributed by atoms with van der Waals surface area (Å²) in [6.07, 6.45) is 2.90. The Balaban J connectivity index is 2.27. The van der Waals surface area contributed by atoms with Crippen LogP contribution in [0.1, 0.15) is 18.5 Å². The van der Waals surface area contributed by atoms with Gasteiger partial charge in [-0.25, -0.2) is 4.98 Å². The number of hydrogen-bond acceptors (Lipinski definition) is 3. The summed E-state index contributed by atoms with van der Waals surface area (Å²) < 4.78 is 6.06. The fourth-order valence-corrected chi connectivity index (χ4v) is 2.36. The fraction of sp³-hybridized carbons (Fsp3) is 0.625. The van der Waals surface area contributed by atoms with Crippen LogP contribution in [0.5, 0.6) is 0 Å². The van der Waals surface area contributed by atoms with Crippen LogP contribution < -0.4 is 0 Å². The molecule has 1 aromatic rings. The summed E-state index contributed by atoms with van der Waals surface area (Å²) in [5.74, 6) is 0. The maximum absolute atomic E-state index is 10.3. The predicted octanol–water partition coefficient (Wildman–Crippen LogP) is 1.01. The minimum Gasteiger partial charge on any atom is -0.383 e. The molecule has 0 radical (unpaired) electrons. The second kappa shape index (κ2) is 3.55. The summed E-state index contributed by atoms with van der Waals surface area (Å²) in [6.45, 7) is 1.23. The zero-order chi connectivity index (χ0) is 9.31. The zero-order valence-electron chi connectivity index (χ0n) is 7.09. The van der Waals surface area contributed by atoms with Crippen molar-refractivity contribution in [3.8, 4) is 0 Å². The molecule has 2 heterocycles. The number of nitrogens with zero attached hydrogens (tertiary/aromatic N) is 1. The predicted molar refractivity (Wildman–Crippen MR) is 55.3 cm³/mol. The first-order chi connectivity index (χ1) is 6.22. The van der Waals surface area contributed by atoms with Gasteiger partial charge in [0.05, 0.1) is 12.0 Å². The topological polar surface area (TPSA) is 58.1 Å². The fourth-order valence-electron chi connectivity index (χ4n) is 1.56. The highest BCUT2D eigenvalue weighted by atomic mass is 127. The summed E-state index contributed by atoms with van der Waals surface area (Å²) >= 11 is 2.12. The maximum atomic E-state index is 10.3. The summed E-state index contributed by atoms with van der Waals surface area (Å²) in [4.78, 5) is 7.06. The van der Waals surface area contributed by atoms with Crippen LogP contribution in [0, 0.1) is 3.70 Å². The van der Waals surface area contributed by atoms with E-state index in [0.717, 1.165) is 9.39 Å². The second-order valence-corrected chi connectivity index (χ2v) is 4.23. The largest absolute Gasteiger partial charge is 0.383 e. The van der Waals surface area contributed by atoms with E-state index in [2.05, 4.69) is 32.6 Å². The number of halogens is 1. The molecule has 0 atom stereocenters. The van der Waals surface area contributed by atoms with Gasteiger partial charge < -0.3 is 14.8 Å². The molecular formula is C8H11IN2O2. The Morgan fingerprint density at radius 3 is 2.77 bits per heavy atom. The van der Waals surface area contributed by atoms with E-state index < -0.39 is 5.60 Å². The van der Waals surface area contributed by atoms with Crippen molar-refractivity contribution in [3.05, 3.63) is 15.7 Å². The van der Waals surface area contributed by atoms with Crippen LogP contribution in [0.2, 0.25) is 0 Å². The summed E-state index contributed by atoms with van der Waals surface area (Å²) in [5, 5.41) is 10.3. The van der Waals surface area contributed by atoms with Gasteiger partial charge in [-0.15, -0.1) is 0 Å². The van der Waals surface area contributed by atoms with Gasteiger partial charge in [0.25, 0.3) is 0 Å². The Bertz CT molecular complexity index is 294. The lowest BCUT2D eigenvalue weighted by atomic mass is 9.91. The van der Waals surface area contributed by atoms with Gasteiger partial charge in [0.2, 0.25) is 0 Å². The highest BCUT2D eigenvalue weighted by molar-refractivity contribution is 14.1. The third-order valence-corrected chi connectivity index (χ3v) is 3.20. The molecule has 0 bridgehead atoms. The number of ether oxygens (including phenoxy) is 1. The summed E-state index contributed by atoms with van der Waals surface area (Å²) in [5.41, 5.74) is 0.0713. The molecule has 2 N–H and O–H groups in total. The molecule has 0 saturated carbocycles. The third kappa shape index (κ3) is 1.72. The van der Waals surface area contributed by atoms with Crippen LogP contribution in [-0.4, -0.2) is 28.3 Å². The van der Waals surface area contributed by atoms with E-state index in [1.54, 1.807) is 6.33 Å². The number of aromatic nitrogens is 2. The van der Waals surface area contributed by atoms with Crippen molar-refractivity contribution in [2.75, 3.05) is 13.2 Å². The minimum atomic E-state index is -0.759. The van der Waals surface area contributed by atoms with E-state index in [9.17, 15) is 5.11 Å². The van der Waals surface area contributed by atoms with E-state index in [1.165, 1.54) is 0 Å². The van der Waals surface area contributed by atoms with E-state index in [-0.39, 0.29) is 0 Å². The number of rotatable bonds is 1. The molecule has 5 heteroatoms. The van der Waals surface area contributed by atoms with Crippen LogP contribution >= 0.6 is 22.6 Å². The minimum absolute atomic E-state index is 0.617. The van der Waals surface area contributed by atoms with E-state index >= 15 is 0 Å². The molecule has 13 heavy (non-hydrogen) atoms. The zero-order valence-corrected chi connectivity index (χ0v) is 9.24. The Labute approximate surface area is 89.8 Å². The Kier molecular flexibility index (Phi) is 2.57. The molecule has 1 aliphatic rings. The molecular weight excluding hydrogens is 283 g/mol. The monoisotopic (exact) mass is 294 g/mol. The third-order valence-electron chi connectivity index (χ3n) is 2.38. The van der Waals surface area contributed by atoms with E-state index in [4.69, 9.17) is 4.74 Å². The molecule has 72 valence electrons. The molecule has 0 aliphatic carbocycles. The van der Waals surface area contributed by atoms with Gasteiger partial charge in [-0.05, 0) is 22.6 Å². The number of imidazole rings is 1. The number of aromatic amines is 1. The molecule has 0 spiro atoms. The molecule has 1 aromatic heterocycles. The number of nitrogens with one attached hydrogen (secondary N) is 1. The van der Waals surface area contributed by atoms with E-state index in [0.29, 0.717) is 26.1 Å². The standard InChI is InChI=1S/C8H11IN2O2/c9-7-6(10-5-11-7)8(12)1-3-13-4-2-8/h5,12H,1-4H2,(H,10,11). The number of aliphatic hydroxyl groups is 1. The first-order valence-corrected chi connectivity index (χ1v) is 5.30. The quantitative estimate of drug-likeness (QED) is 0.760. The average Bonchev–Trinajstić information content (AvgIpc) is 2.53. The van der Waals surface area contributed by atoms with Crippen LogP contribution in [-0.2, 0) is 10.3 Å². The average molecular weight is 294 g/mol. The molecule has 0 amide bonds. The molecule has 0 aromatic carbocycles. The smallest absolute Gasteiger partial charge is 0.125 e. The van der Waals surface area contributed by atoms with Crippen molar-refractivity contribution in [2.45, 2.75) is 18.4 Å². The highest BCUT2D eigenvalue weighted by Gasteiger charge is 2.34. The molecule has 1 saturated heterocycles. The maximum Gasteiger partial charge on any atom is 0.125 e. The van der Waals surface area contributed by atoms with Crippen molar-refractivity contribution >= 4 is 22.6 Å². The normalized spacial score (nSPS) is 21.7. The highest BCUT2D eigenvalue weighted by Crippen LogP contribution is 2.32. The van der Waals surface area contributed by atoms with Crippen molar-refractivity contribution in [2.24, 2.45) is 0 Å². The van der Waals surface area contributed by atoms with Gasteiger partial charge in [-0.1, -0.05) is 0 Å². The van der Waals surface area contributed by atoms with Gasteiger partial charge in [0, 0.05) is 26.1 Å². The molecule has 1 aliphatic heterocycles. The van der Waals surface area contributed by atoms with Gasteiger partial charge in [-0.3, -0.25) is 0 Å². The van der Waals surface area contributed by atoms with Crippen LogP contribution in [0.3, 0.4) is 0 Å². The number of H-pyrrole nitrogens is 1. The van der Waals surface area contributed by atoms with Crippen molar-refractivity contribution in [1.29, 1.82) is 0 Å². The lowest BCUT2D eigenvalue weighted by Gasteiger charge is -2.31. The molecule has 2 rings (SSSR count). The number of hydrogen-bond donors (Lipinski definition) is 2. The van der Waals surface area contributed by atoms with Gasteiger partial charge in [0.15, 0.2) is 0 Å². The van der Waals surface area contributed by atoms with Crippen molar-refractivity contribution in [3.63, 3.8) is 0 Å². The Hall–Kier alpha value is -0.140. The van der Waals surface area contributed by atoms with Crippen molar-refractivity contribution in [1.82, 2.24) is 9.97 Å². The second-order valence-electron chi connectivity index (χ2n) is 3.21. The van der Waals surface area contributed by atoms with Gasteiger partial charge in [-0.2, -0.15) is 0 Å². The first-order valence-electron chi connectivity index (χ1n) is 4.22. The Morgan fingerprint density at radius 2 is 2.23 bits per heavy atom. The molecule has 1 fully saturated rings. The molecule has 4 nitrogen and oxygen atoms in total. The van der Waals surface area contributed by atoms with Gasteiger partial charge in [0.1, 0.15) is 9.30 Å². The lowest BCUT2D eigenvalue weighted by Crippen LogP contribution is -2.34. The van der Waals surface area contributed by atoms with Crippen LogP contribution in [0.15, 0.2) is 6.33 Å². The molecule has 0 unspecified atom stereocenters. The first kappa shape index (κ1) is 9.42. The van der Waals surface area contributed by atoms with E-state index in [1.807, 2.05) is 0 Å². The summed E-state index contributed by atoms with van der Waals surface area (Å²) in [6, 6.07) is 0. The van der Waals surface area contributed by atoms with Crippen LogP contribution in [0.4, 0.5) is 0 Å². The SMILES string of the molecule is OC1(c2[nH]cnc2I)CCOCC1. The lowest BCUT2D eigenvalue weighted by molar-refractivity contribution is -0.0708. The van der Waals surface area contributed by atoms with Gasteiger partial charge >= 0.3 is 0 Å². The van der Waals surface area contributed by atoms with Crippen molar-refractivity contribution < 1.29 is 9.84 Å². The summed E-state index contributed by atoms with van der Waals surface area (Å²) in [7, 11) is 0. The van der Waals surface area contributed by atoms with Crippen LogP contribution in [0.25, 0.3) is 0 Å². The Morgan fingerprint density at radius 1 is 1.54 bits per heavy atom.